The normalized spacial score (nSPS) is 20.7. The summed E-state index contributed by atoms with van der Waals surface area (Å²) >= 11 is 1.62. The molecule has 1 saturated carbocycles. The molecule has 1 aromatic heterocycles. The Hall–Kier alpha value is -2.99. The number of rotatable bonds is 6. The van der Waals surface area contributed by atoms with Crippen LogP contribution in [-0.2, 0) is 9.59 Å². The number of amides is 2. The Kier molecular flexibility index (Phi) is 5.55. The molecule has 1 saturated heterocycles. The highest BCUT2D eigenvalue weighted by Gasteiger charge is 2.47. The summed E-state index contributed by atoms with van der Waals surface area (Å²) in [6, 6.07) is 21.0. The maximum atomic E-state index is 13.5. The summed E-state index contributed by atoms with van der Waals surface area (Å²) in [5.41, 5.74) is 2.95. The van der Waals surface area contributed by atoms with Crippen LogP contribution in [0.1, 0.15) is 40.9 Å². The van der Waals surface area contributed by atoms with E-state index in [1.807, 2.05) is 66.7 Å². The maximum Gasteiger partial charge on any atom is 0.244 e. The fraction of sp³-hybridized carbons (Fsp3) is 0.280. The van der Waals surface area contributed by atoms with Gasteiger partial charge < -0.3 is 14.6 Å². The summed E-state index contributed by atoms with van der Waals surface area (Å²) in [5, 5.41) is 3.05. The summed E-state index contributed by atoms with van der Waals surface area (Å²) < 4.78 is 5.26. The number of benzene rings is 2. The van der Waals surface area contributed by atoms with Gasteiger partial charge in [0.1, 0.15) is 11.4 Å². The molecule has 158 valence electrons. The van der Waals surface area contributed by atoms with Crippen LogP contribution in [-0.4, -0.2) is 28.5 Å². The number of carbonyl (C=O) groups excluding carboxylic acids is 2. The number of nitrogens with zero attached hydrogens (tertiary/aromatic N) is 1. The Labute approximate surface area is 185 Å². The molecular formula is C25H24N2O3S. The van der Waals surface area contributed by atoms with Crippen LogP contribution in [0.3, 0.4) is 0 Å². The molecule has 1 N–H and O–H groups in total. The van der Waals surface area contributed by atoms with Gasteiger partial charge in [-0.2, -0.15) is 0 Å². The van der Waals surface area contributed by atoms with E-state index in [1.54, 1.807) is 29.2 Å². The van der Waals surface area contributed by atoms with Gasteiger partial charge in [0.05, 0.1) is 18.6 Å². The third kappa shape index (κ3) is 4.12. The second-order valence-corrected chi connectivity index (χ2v) is 9.15. The molecule has 5 rings (SSSR count). The highest BCUT2D eigenvalue weighted by Crippen LogP contribution is 2.45. The van der Waals surface area contributed by atoms with E-state index in [9.17, 15) is 9.59 Å². The van der Waals surface area contributed by atoms with E-state index < -0.39 is 6.04 Å². The van der Waals surface area contributed by atoms with Gasteiger partial charge in [0, 0.05) is 17.2 Å². The van der Waals surface area contributed by atoms with Gasteiger partial charge in [0.15, 0.2) is 0 Å². The molecule has 0 bridgehead atoms. The molecule has 3 aromatic rings. The second kappa shape index (κ2) is 8.63. The molecule has 31 heavy (non-hydrogen) atoms. The van der Waals surface area contributed by atoms with Crippen molar-refractivity contribution in [2.45, 2.75) is 30.3 Å². The van der Waals surface area contributed by atoms with E-state index in [-0.39, 0.29) is 29.1 Å². The van der Waals surface area contributed by atoms with Crippen molar-refractivity contribution < 1.29 is 14.0 Å². The summed E-state index contributed by atoms with van der Waals surface area (Å²) in [7, 11) is 0. The lowest BCUT2D eigenvalue weighted by atomic mass is 9.98. The minimum absolute atomic E-state index is 0.0439. The summed E-state index contributed by atoms with van der Waals surface area (Å²) in [6.07, 6.45) is 5.10. The van der Waals surface area contributed by atoms with Gasteiger partial charge >= 0.3 is 0 Å². The molecule has 1 aliphatic carbocycles. The fourth-order valence-electron chi connectivity index (χ4n) is 4.08. The molecule has 2 amide bonds. The van der Waals surface area contributed by atoms with Crippen LogP contribution in [0.25, 0.3) is 0 Å². The second-order valence-electron chi connectivity index (χ2n) is 8.04. The SMILES string of the molecule is O=C(NC(c1ccccc1)c1ccccc1)C1CSC(c2ccoc2)N1C(=O)C1CC1. The smallest absolute Gasteiger partial charge is 0.244 e. The largest absolute Gasteiger partial charge is 0.472 e. The molecule has 2 unspecified atom stereocenters. The van der Waals surface area contributed by atoms with Crippen LogP contribution in [0.5, 0.6) is 0 Å². The van der Waals surface area contributed by atoms with E-state index in [0.29, 0.717) is 5.75 Å². The number of hydrogen-bond acceptors (Lipinski definition) is 4. The van der Waals surface area contributed by atoms with E-state index in [0.717, 1.165) is 29.5 Å². The van der Waals surface area contributed by atoms with Crippen LogP contribution in [0.4, 0.5) is 0 Å². The first-order valence-electron chi connectivity index (χ1n) is 10.6. The van der Waals surface area contributed by atoms with Gasteiger partial charge in [0.25, 0.3) is 0 Å². The monoisotopic (exact) mass is 432 g/mol. The molecule has 2 heterocycles. The molecule has 2 fully saturated rings. The lowest BCUT2D eigenvalue weighted by molar-refractivity contribution is -0.141. The van der Waals surface area contributed by atoms with Crippen molar-refractivity contribution in [2.75, 3.05) is 5.75 Å². The number of carbonyl (C=O) groups is 2. The number of nitrogens with one attached hydrogen (secondary N) is 1. The van der Waals surface area contributed by atoms with E-state index >= 15 is 0 Å². The van der Waals surface area contributed by atoms with Crippen LogP contribution in [0, 0.1) is 5.92 Å². The van der Waals surface area contributed by atoms with E-state index in [1.165, 1.54) is 0 Å². The van der Waals surface area contributed by atoms with Gasteiger partial charge in [-0.3, -0.25) is 9.59 Å². The van der Waals surface area contributed by atoms with Gasteiger partial charge in [-0.25, -0.2) is 0 Å². The van der Waals surface area contributed by atoms with Crippen LogP contribution in [0.15, 0.2) is 83.7 Å². The molecular weight excluding hydrogens is 408 g/mol. The van der Waals surface area contributed by atoms with Gasteiger partial charge in [-0.05, 0) is 30.0 Å². The zero-order valence-electron chi connectivity index (χ0n) is 17.0. The van der Waals surface area contributed by atoms with Crippen molar-refractivity contribution in [3.05, 3.63) is 95.9 Å². The highest BCUT2D eigenvalue weighted by atomic mass is 32.2. The van der Waals surface area contributed by atoms with Crippen molar-refractivity contribution >= 4 is 23.6 Å². The first-order chi connectivity index (χ1) is 15.2. The molecule has 2 aliphatic rings. The van der Waals surface area contributed by atoms with Crippen molar-refractivity contribution in [3.8, 4) is 0 Å². The van der Waals surface area contributed by atoms with E-state index in [4.69, 9.17) is 4.42 Å². The average molecular weight is 433 g/mol. The Morgan fingerprint density at radius 1 is 0.968 bits per heavy atom. The predicted molar refractivity (Wildman–Crippen MR) is 120 cm³/mol. The Balaban J connectivity index is 1.42. The van der Waals surface area contributed by atoms with Gasteiger partial charge in [-0.1, -0.05) is 60.7 Å². The Morgan fingerprint density at radius 2 is 1.61 bits per heavy atom. The highest BCUT2D eigenvalue weighted by molar-refractivity contribution is 7.99. The van der Waals surface area contributed by atoms with Crippen LogP contribution in [0.2, 0.25) is 0 Å². The fourth-order valence-corrected chi connectivity index (χ4v) is 5.49. The molecule has 6 heteroatoms. The van der Waals surface area contributed by atoms with Crippen molar-refractivity contribution in [3.63, 3.8) is 0 Å². The van der Waals surface area contributed by atoms with Gasteiger partial charge in [-0.15, -0.1) is 11.8 Å². The van der Waals surface area contributed by atoms with Crippen LogP contribution < -0.4 is 5.32 Å². The molecule has 2 atom stereocenters. The third-order valence-corrected chi connectivity index (χ3v) is 7.19. The summed E-state index contributed by atoms with van der Waals surface area (Å²) in [6.45, 7) is 0. The maximum absolute atomic E-state index is 13.5. The third-order valence-electron chi connectivity index (χ3n) is 5.86. The van der Waals surface area contributed by atoms with Crippen molar-refractivity contribution in [1.82, 2.24) is 10.2 Å². The van der Waals surface area contributed by atoms with Crippen molar-refractivity contribution in [2.24, 2.45) is 5.92 Å². The Morgan fingerprint density at radius 3 is 2.16 bits per heavy atom. The average Bonchev–Trinajstić information content (AvgIpc) is 3.34. The first kappa shape index (κ1) is 19.9. The number of thioether (sulfide) groups is 1. The molecule has 1 aliphatic heterocycles. The predicted octanol–water partition coefficient (Wildman–Crippen LogP) is 4.54. The molecule has 2 aromatic carbocycles. The molecule has 0 radical (unpaired) electrons. The molecule has 5 nitrogen and oxygen atoms in total. The lowest BCUT2D eigenvalue weighted by Gasteiger charge is -2.30. The Bertz CT molecular complexity index is 996. The quantitative estimate of drug-likeness (QED) is 0.621. The van der Waals surface area contributed by atoms with Crippen molar-refractivity contribution in [1.29, 1.82) is 0 Å². The minimum atomic E-state index is -0.507. The topological polar surface area (TPSA) is 62.6 Å². The summed E-state index contributed by atoms with van der Waals surface area (Å²) in [5.74, 6) is 0.566. The van der Waals surface area contributed by atoms with Crippen LogP contribution >= 0.6 is 11.8 Å². The lowest BCUT2D eigenvalue weighted by Crippen LogP contribution is -2.49. The van der Waals surface area contributed by atoms with Gasteiger partial charge in [0.2, 0.25) is 11.8 Å². The summed E-state index contributed by atoms with van der Waals surface area (Å²) in [4.78, 5) is 28.5. The minimum Gasteiger partial charge on any atom is -0.472 e. The number of furan rings is 1. The first-order valence-corrected chi connectivity index (χ1v) is 11.6. The zero-order valence-corrected chi connectivity index (χ0v) is 17.8. The zero-order chi connectivity index (χ0) is 21.2. The standard InChI is InChI=1S/C25H24N2O3S/c28-23(26-22(17-7-3-1-4-8-17)18-9-5-2-6-10-18)21-16-31-25(20-13-14-30-15-20)27(21)24(29)19-11-12-19/h1-10,13-15,19,21-22,25H,11-12,16H2,(H,26,28). The van der Waals surface area contributed by atoms with E-state index in [2.05, 4.69) is 5.32 Å². The molecule has 0 spiro atoms. The number of hydrogen-bond donors (Lipinski definition) is 1.